The van der Waals surface area contributed by atoms with E-state index in [2.05, 4.69) is 25.6 Å². The van der Waals surface area contributed by atoms with E-state index in [0.717, 1.165) is 12.1 Å². The Morgan fingerprint density at radius 2 is 1.09 bits per heavy atom. The first-order chi connectivity index (χ1) is 27.5. The molecule has 2 N–H and O–H groups in total. The van der Waals surface area contributed by atoms with Crippen LogP contribution in [0, 0.1) is 0 Å². The van der Waals surface area contributed by atoms with E-state index in [1.165, 1.54) is 42.0 Å². The van der Waals surface area contributed by atoms with Crippen molar-refractivity contribution in [2.75, 3.05) is 24.9 Å². The van der Waals surface area contributed by atoms with Crippen molar-refractivity contribution in [1.29, 1.82) is 0 Å². The Bertz CT molecular complexity index is 2510. The van der Waals surface area contributed by atoms with Crippen LogP contribution in [0.5, 0.6) is 17.2 Å². The lowest BCUT2D eigenvalue weighted by Crippen LogP contribution is -2.33. The number of aromatic nitrogens is 4. The third kappa shape index (κ3) is 8.32. The molecule has 57 heavy (non-hydrogen) atoms. The number of carbonyl (C=O) groups is 2. The summed E-state index contributed by atoms with van der Waals surface area (Å²) in [5.41, 5.74) is 2.61. The summed E-state index contributed by atoms with van der Waals surface area (Å²) in [6, 6.07) is 34.8. The fourth-order valence-electron chi connectivity index (χ4n) is 5.80. The Morgan fingerprint density at radius 1 is 0.632 bits per heavy atom. The number of alkyl halides is 4. The molecule has 0 atom stereocenters. The molecular weight excluding hydrogens is 744 g/mol. The lowest BCUT2D eigenvalue weighted by atomic mass is 10.1. The molecule has 0 bridgehead atoms. The van der Waals surface area contributed by atoms with Gasteiger partial charge in [-0.3, -0.25) is 9.59 Å². The molecule has 0 saturated heterocycles. The van der Waals surface area contributed by atoms with Crippen LogP contribution in [0.3, 0.4) is 0 Å². The van der Waals surface area contributed by atoms with Crippen LogP contribution in [0.1, 0.15) is 20.7 Å². The highest BCUT2D eigenvalue weighted by Gasteiger charge is 2.44. The first kappa shape index (κ1) is 37.9. The number of amides is 2. The maximum Gasteiger partial charge on any atom is 0.461 e. The van der Waals surface area contributed by atoms with Crippen LogP contribution in [0.15, 0.2) is 140 Å². The topological polar surface area (TPSA) is 122 Å². The zero-order chi connectivity index (χ0) is 40.1. The van der Waals surface area contributed by atoms with Gasteiger partial charge in [0.25, 0.3) is 11.8 Å². The number of nitrogens with zero attached hydrogens (tertiary/aromatic N) is 4. The lowest BCUT2D eigenvalue weighted by Gasteiger charge is -2.20. The molecule has 15 heteroatoms. The number of anilines is 2. The van der Waals surface area contributed by atoms with Gasteiger partial charge in [0.1, 0.15) is 28.6 Å². The van der Waals surface area contributed by atoms with Gasteiger partial charge in [-0.25, -0.2) is 9.36 Å². The summed E-state index contributed by atoms with van der Waals surface area (Å²) in [6.07, 6.45) is -6.15. The number of rotatable bonds is 13. The Morgan fingerprint density at radius 3 is 1.53 bits per heavy atom. The third-order valence-electron chi connectivity index (χ3n) is 8.67. The van der Waals surface area contributed by atoms with Crippen LogP contribution >= 0.6 is 0 Å². The maximum atomic E-state index is 14.3. The van der Waals surface area contributed by atoms with Crippen LogP contribution in [0.25, 0.3) is 33.9 Å². The van der Waals surface area contributed by atoms with Gasteiger partial charge in [0.2, 0.25) is 0 Å². The van der Waals surface area contributed by atoms with E-state index in [0.29, 0.717) is 39.7 Å². The van der Waals surface area contributed by atoms with E-state index in [9.17, 15) is 27.2 Å². The number of hydrogen-bond donors (Lipinski definition) is 2. The highest BCUT2D eigenvalue weighted by molar-refractivity contribution is 6.10. The van der Waals surface area contributed by atoms with E-state index in [1.54, 1.807) is 84.9 Å². The van der Waals surface area contributed by atoms with E-state index < -0.39 is 35.8 Å². The summed E-state index contributed by atoms with van der Waals surface area (Å²) >= 11 is 0. The number of hydrogen-bond acceptors (Lipinski definition) is 7. The maximum absolute atomic E-state index is 14.3. The van der Waals surface area contributed by atoms with Gasteiger partial charge in [0, 0.05) is 29.2 Å². The van der Waals surface area contributed by atoms with E-state index >= 15 is 0 Å². The molecule has 0 aliphatic heterocycles. The molecule has 0 fully saturated rings. The monoisotopic (exact) mass is 776 g/mol. The minimum Gasteiger partial charge on any atom is -0.497 e. The summed E-state index contributed by atoms with van der Waals surface area (Å²) < 4.78 is 73.4. The number of ether oxygens (including phenoxy) is 3. The number of halogens is 4. The van der Waals surface area contributed by atoms with Crippen LogP contribution in [0.4, 0.5) is 28.9 Å². The molecule has 2 amide bonds. The molecule has 0 saturated carbocycles. The molecule has 5 aromatic carbocycles. The van der Waals surface area contributed by atoms with Gasteiger partial charge >= 0.3 is 12.5 Å². The van der Waals surface area contributed by atoms with Crippen molar-refractivity contribution in [3.63, 3.8) is 0 Å². The molecule has 7 rings (SSSR count). The highest BCUT2D eigenvalue weighted by atomic mass is 19.3. The van der Waals surface area contributed by atoms with Crippen molar-refractivity contribution < 1.29 is 41.4 Å². The van der Waals surface area contributed by atoms with Gasteiger partial charge in [-0.05, 0) is 91.0 Å². The van der Waals surface area contributed by atoms with Gasteiger partial charge in [-0.2, -0.15) is 27.8 Å². The minimum atomic E-state index is -4.92. The van der Waals surface area contributed by atoms with Crippen molar-refractivity contribution in [3.05, 3.63) is 151 Å². The lowest BCUT2D eigenvalue weighted by molar-refractivity contribution is -0.252. The van der Waals surface area contributed by atoms with Gasteiger partial charge in [0.05, 0.1) is 42.4 Å². The zero-order valence-corrected chi connectivity index (χ0v) is 30.2. The molecule has 2 aromatic heterocycles. The SMILES string of the molecule is COc1ccc(-c2nn(-c3ccccc3)cc2C(=O)Nc2ccc(OC(F)(F)C(F)F)c(NC(=O)c3cn(-c4ccccc4)nc3-c3ccc(OC)cc3)c2)cc1. The average Bonchev–Trinajstić information content (AvgIpc) is 3.89. The molecule has 11 nitrogen and oxygen atoms in total. The highest BCUT2D eigenvalue weighted by Crippen LogP contribution is 2.36. The molecule has 0 aliphatic carbocycles. The largest absolute Gasteiger partial charge is 0.497 e. The summed E-state index contributed by atoms with van der Waals surface area (Å²) in [4.78, 5) is 28.1. The van der Waals surface area contributed by atoms with Gasteiger partial charge in [0.15, 0.2) is 0 Å². The Balaban J connectivity index is 1.25. The molecule has 0 spiro atoms. The van der Waals surface area contributed by atoms with Crippen LogP contribution in [-0.2, 0) is 0 Å². The molecule has 0 unspecified atom stereocenters. The van der Waals surface area contributed by atoms with Crippen molar-refractivity contribution in [1.82, 2.24) is 19.6 Å². The first-order valence-electron chi connectivity index (χ1n) is 17.2. The predicted octanol–water partition coefficient (Wildman–Crippen LogP) is 9.15. The van der Waals surface area contributed by atoms with Crippen LogP contribution in [0.2, 0.25) is 0 Å². The number of nitrogens with one attached hydrogen (secondary N) is 2. The Kier molecular flexibility index (Phi) is 10.7. The number of benzene rings is 5. The van der Waals surface area contributed by atoms with Gasteiger partial charge in [-0.1, -0.05) is 36.4 Å². The standard InChI is InChI=1S/C42H32F4N6O5/c1-55-31-18-13-26(14-19-31)37-33(24-51(49-37)29-9-5-3-6-10-29)39(53)47-28-17-22-36(57-42(45,46)41(43)44)35(23-28)48-40(54)34-25-52(30-11-7-4-8-12-30)50-38(34)27-15-20-32(56-2)21-16-27/h3-25,41H,1-2H3,(H,47,53)(H,48,54). The van der Waals surface area contributed by atoms with Crippen molar-refractivity contribution >= 4 is 23.2 Å². The van der Waals surface area contributed by atoms with Gasteiger partial charge < -0.3 is 24.8 Å². The van der Waals surface area contributed by atoms with Crippen molar-refractivity contribution in [2.45, 2.75) is 12.5 Å². The molecule has 288 valence electrons. The van der Waals surface area contributed by atoms with Crippen molar-refractivity contribution in [2.24, 2.45) is 0 Å². The second-order valence-corrected chi connectivity index (χ2v) is 12.4. The predicted molar refractivity (Wildman–Crippen MR) is 205 cm³/mol. The zero-order valence-electron chi connectivity index (χ0n) is 30.2. The fourth-order valence-corrected chi connectivity index (χ4v) is 5.80. The molecule has 0 radical (unpaired) electrons. The summed E-state index contributed by atoms with van der Waals surface area (Å²) in [5.74, 6) is -1.15. The number of methoxy groups -OCH3 is 2. The molecule has 7 aromatic rings. The summed E-state index contributed by atoms with van der Waals surface area (Å²) in [5, 5.41) is 14.5. The molecule has 2 heterocycles. The van der Waals surface area contributed by atoms with E-state index in [-0.39, 0.29) is 22.5 Å². The summed E-state index contributed by atoms with van der Waals surface area (Å²) in [7, 11) is 3.03. The molecule has 0 aliphatic rings. The van der Waals surface area contributed by atoms with E-state index in [1.807, 2.05) is 24.3 Å². The third-order valence-corrected chi connectivity index (χ3v) is 8.67. The second-order valence-electron chi connectivity index (χ2n) is 12.4. The van der Waals surface area contributed by atoms with Gasteiger partial charge in [-0.15, -0.1) is 0 Å². The van der Waals surface area contributed by atoms with E-state index in [4.69, 9.17) is 9.47 Å². The smallest absolute Gasteiger partial charge is 0.461 e. The normalized spacial score (nSPS) is 11.3. The second kappa shape index (κ2) is 16.1. The Labute approximate surface area is 323 Å². The Hall–Kier alpha value is -7.42. The quantitative estimate of drug-likeness (QED) is 0.112. The molecular formula is C42H32F4N6O5. The van der Waals surface area contributed by atoms with Crippen LogP contribution in [-0.4, -0.2) is 58.1 Å². The minimum absolute atomic E-state index is 0.00230. The average molecular weight is 777 g/mol. The van der Waals surface area contributed by atoms with Crippen LogP contribution < -0.4 is 24.8 Å². The van der Waals surface area contributed by atoms with Crippen molar-refractivity contribution in [3.8, 4) is 51.1 Å². The number of carbonyl (C=O) groups excluding carboxylic acids is 2. The number of para-hydroxylation sites is 2. The fraction of sp³-hybridized carbons (Fsp3) is 0.0952. The summed E-state index contributed by atoms with van der Waals surface area (Å²) in [6.45, 7) is 0. The first-order valence-corrected chi connectivity index (χ1v) is 17.2.